The Hall–Kier alpha value is -2.12. The molecule has 2 aromatic rings. The Balaban J connectivity index is 1.38. The summed E-state index contributed by atoms with van der Waals surface area (Å²) in [6.45, 7) is 9.08. The Bertz CT molecular complexity index is 748. The molecule has 1 saturated carbocycles. The first-order valence-corrected chi connectivity index (χ1v) is 11.8. The molecule has 0 aromatic heterocycles. The SMILES string of the molecule is C=CCCOCc1ccc(-c2ccc(CCCCC3CCC(C=C)CC3)cc2)cc1. The summed E-state index contributed by atoms with van der Waals surface area (Å²) in [4.78, 5) is 0. The highest BCUT2D eigenvalue weighted by atomic mass is 16.5. The predicted octanol–water partition coefficient (Wildman–Crippen LogP) is 8.15. The second kappa shape index (κ2) is 12.5. The third-order valence-electron chi connectivity index (χ3n) is 6.53. The summed E-state index contributed by atoms with van der Waals surface area (Å²) in [5.41, 5.74) is 5.24. The molecule has 0 unspecified atom stereocenters. The first-order chi connectivity index (χ1) is 14.8. The van der Waals surface area contributed by atoms with E-state index in [2.05, 4.69) is 67.8 Å². The Morgan fingerprint density at radius 3 is 2.03 bits per heavy atom. The summed E-state index contributed by atoms with van der Waals surface area (Å²) in [5, 5.41) is 0. The summed E-state index contributed by atoms with van der Waals surface area (Å²) in [7, 11) is 0. The molecule has 0 spiro atoms. The van der Waals surface area contributed by atoms with Crippen LogP contribution in [0.4, 0.5) is 0 Å². The number of unbranched alkanes of at least 4 members (excludes halogenated alkanes) is 1. The monoisotopic (exact) mass is 402 g/mol. The topological polar surface area (TPSA) is 9.23 Å². The van der Waals surface area contributed by atoms with E-state index in [-0.39, 0.29) is 0 Å². The molecule has 1 nitrogen and oxygen atoms in total. The van der Waals surface area contributed by atoms with Crippen LogP contribution in [-0.2, 0) is 17.8 Å². The minimum absolute atomic E-state index is 0.669. The summed E-state index contributed by atoms with van der Waals surface area (Å²) < 4.78 is 5.64. The minimum Gasteiger partial charge on any atom is -0.376 e. The Morgan fingerprint density at radius 1 is 0.800 bits per heavy atom. The van der Waals surface area contributed by atoms with Crippen LogP contribution in [0.25, 0.3) is 11.1 Å². The Morgan fingerprint density at radius 2 is 1.43 bits per heavy atom. The van der Waals surface area contributed by atoms with Crippen molar-refractivity contribution < 1.29 is 4.74 Å². The fourth-order valence-electron chi connectivity index (χ4n) is 4.49. The molecule has 0 radical (unpaired) electrons. The third-order valence-corrected chi connectivity index (χ3v) is 6.53. The van der Waals surface area contributed by atoms with Crippen molar-refractivity contribution in [3.8, 4) is 11.1 Å². The predicted molar refractivity (Wildman–Crippen MR) is 130 cm³/mol. The highest BCUT2D eigenvalue weighted by Crippen LogP contribution is 2.32. The van der Waals surface area contributed by atoms with Gasteiger partial charge in [-0.15, -0.1) is 13.2 Å². The molecule has 1 heteroatoms. The van der Waals surface area contributed by atoms with Gasteiger partial charge in [0.25, 0.3) is 0 Å². The zero-order valence-electron chi connectivity index (χ0n) is 18.5. The van der Waals surface area contributed by atoms with Crippen molar-refractivity contribution in [3.63, 3.8) is 0 Å². The van der Waals surface area contributed by atoms with Crippen LogP contribution in [-0.4, -0.2) is 6.61 Å². The summed E-state index contributed by atoms with van der Waals surface area (Å²) in [5.74, 6) is 1.74. The lowest BCUT2D eigenvalue weighted by Crippen LogP contribution is -2.12. The zero-order chi connectivity index (χ0) is 21.0. The lowest BCUT2D eigenvalue weighted by molar-refractivity contribution is 0.125. The molecular weight excluding hydrogens is 364 g/mol. The first kappa shape index (κ1) is 22.6. The van der Waals surface area contributed by atoms with Crippen LogP contribution in [0.1, 0.15) is 62.5 Å². The quantitative estimate of drug-likeness (QED) is 0.257. The lowest BCUT2D eigenvalue weighted by Gasteiger charge is -2.26. The van der Waals surface area contributed by atoms with E-state index in [4.69, 9.17) is 4.74 Å². The Labute approximate surface area is 183 Å². The molecule has 2 aromatic carbocycles. The van der Waals surface area contributed by atoms with Crippen LogP contribution in [0.3, 0.4) is 0 Å². The summed E-state index contributed by atoms with van der Waals surface area (Å²) in [6, 6.07) is 17.9. The van der Waals surface area contributed by atoms with Gasteiger partial charge in [-0.25, -0.2) is 0 Å². The van der Waals surface area contributed by atoms with Crippen LogP contribution in [0.5, 0.6) is 0 Å². The number of allylic oxidation sites excluding steroid dienone is 1. The maximum atomic E-state index is 5.64. The second-order valence-electron chi connectivity index (χ2n) is 8.79. The molecule has 1 fully saturated rings. The highest BCUT2D eigenvalue weighted by molar-refractivity contribution is 5.63. The van der Waals surface area contributed by atoms with E-state index >= 15 is 0 Å². The number of benzene rings is 2. The molecule has 30 heavy (non-hydrogen) atoms. The van der Waals surface area contributed by atoms with E-state index in [1.165, 1.54) is 73.6 Å². The molecule has 0 saturated heterocycles. The van der Waals surface area contributed by atoms with Crippen molar-refractivity contribution in [1.82, 2.24) is 0 Å². The molecule has 0 aliphatic heterocycles. The standard InChI is InChI=1S/C29H38O/c1-3-5-22-30-23-27-16-20-29(21-17-27)28-18-14-26(15-19-28)9-7-6-8-25-12-10-24(4-2)11-13-25/h3-4,14-21,24-25H,1-2,5-13,22-23H2. The largest absolute Gasteiger partial charge is 0.376 e. The molecule has 0 heterocycles. The van der Waals surface area contributed by atoms with Gasteiger partial charge in [0.15, 0.2) is 0 Å². The number of ether oxygens (including phenoxy) is 1. The van der Waals surface area contributed by atoms with Gasteiger partial charge in [0.1, 0.15) is 0 Å². The molecule has 1 aliphatic rings. The maximum absolute atomic E-state index is 5.64. The second-order valence-corrected chi connectivity index (χ2v) is 8.79. The van der Waals surface area contributed by atoms with Crippen LogP contribution in [0.15, 0.2) is 73.8 Å². The van der Waals surface area contributed by atoms with Gasteiger partial charge in [0.05, 0.1) is 13.2 Å². The van der Waals surface area contributed by atoms with Crippen LogP contribution < -0.4 is 0 Å². The molecule has 1 aliphatic carbocycles. The molecule has 3 rings (SSSR count). The lowest BCUT2D eigenvalue weighted by atomic mass is 9.80. The van der Waals surface area contributed by atoms with Gasteiger partial charge in [-0.2, -0.15) is 0 Å². The highest BCUT2D eigenvalue weighted by Gasteiger charge is 2.18. The van der Waals surface area contributed by atoms with Crippen molar-refractivity contribution in [3.05, 3.63) is 85.0 Å². The molecular formula is C29H38O. The van der Waals surface area contributed by atoms with Crippen molar-refractivity contribution in [2.45, 2.75) is 64.4 Å². The fourth-order valence-corrected chi connectivity index (χ4v) is 4.49. The smallest absolute Gasteiger partial charge is 0.0717 e. The number of hydrogen-bond acceptors (Lipinski definition) is 1. The Kier molecular flexibility index (Phi) is 9.44. The normalized spacial score (nSPS) is 18.8. The van der Waals surface area contributed by atoms with Crippen molar-refractivity contribution in [1.29, 1.82) is 0 Å². The van der Waals surface area contributed by atoms with Crippen LogP contribution in [0, 0.1) is 11.8 Å². The molecule has 160 valence electrons. The number of hydrogen-bond donors (Lipinski definition) is 0. The van der Waals surface area contributed by atoms with E-state index in [0.717, 1.165) is 24.9 Å². The van der Waals surface area contributed by atoms with Gasteiger partial charge in [-0.05, 0) is 79.0 Å². The van der Waals surface area contributed by atoms with Gasteiger partial charge in [0.2, 0.25) is 0 Å². The van der Waals surface area contributed by atoms with Gasteiger partial charge in [-0.1, -0.05) is 73.5 Å². The van der Waals surface area contributed by atoms with Gasteiger partial charge in [-0.3, -0.25) is 0 Å². The zero-order valence-corrected chi connectivity index (χ0v) is 18.5. The minimum atomic E-state index is 0.669. The van der Waals surface area contributed by atoms with Crippen LogP contribution >= 0.6 is 0 Å². The van der Waals surface area contributed by atoms with E-state index in [0.29, 0.717) is 6.61 Å². The number of rotatable bonds is 12. The van der Waals surface area contributed by atoms with Gasteiger partial charge >= 0.3 is 0 Å². The van der Waals surface area contributed by atoms with Crippen molar-refractivity contribution in [2.75, 3.05) is 6.61 Å². The van der Waals surface area contributed by atoms with Crippen LogP contribution in [0.2, 0.25) is 0 Å². The van der Waals surface area contributed by atoms with Gasteiger partial charge in [0, 0.05) is 0 Å². The average Bonchev–Trinajstić information content (AvgIpc) is 2.81. The molecule has 0 atom stereocenters. The molecule has 0 bridgehead atoms. The number of aryl methyl sites for hydroxylation is 1. The fraction of sp³-hybridized carbons (Fsp3) is 0.448. The third kappa shape index (κ3) is 7.29. The summed E-state index contributed by atoms with van der Waals surface area (Å²) >= 11 is 0. The molecule has 0 amide bonds. The first-order valence-electron chi connectivity index (χ1n) is 11.8. The summed E-state index contributed by atoms with van der Waals surface area (Å²) in [6.07, 6.45) is 15.8. The van der Waals surface area contributed by atoms with Crippen molar-refractivity contribution in [2.24, 2.45) is 11.8 Å². The molecule has 0 N–H and O–H groups in total. The van der Waals surface area contributed by atoms with E-state index in [9.17, 15) is 0 Å². The van der Waals surface area contributed by atoms with E-state index < -0.39 is 0 Å². The van der Waals surface area contributed by atoms with E-state index in [1.807, 2.05) is 6.08 Å². The average molecular weight is 403 g/mol. The maximum Gasteiger partial charge on any atom is 0.0717 e. The van der Waals surface area contributed by atoms with Crippen molar-refractivity contribution >= 4 is 0 Å². The van der Waals surface area contributed by atoms with Gasteiger partial charge < -0.3 is 4.74 Å². The van der Waals surface area contributed by atoms with E-state index in [1.54, 1.807) is 0 Å².